The number of anilines is 2. The van der Waals surface area contributed by atoms with Crippen LogP contribution < -0.4 is 20.7 Å². The van der Waals surface area contributed by atoms with Gasteiger partial charge in [-0.25, -0.2) is 0 Å². The van der Waals surface area contributed by atoms with Gasteiger partial charge in [-0.3, -0.25) is 9.59 Å². The molecule has 3 N–H and O–H groups in total. The molecule has 0 spiro atoms. The number of ether oxygens (including phenoxy) is 1. The molecule has 0 saturated heterocycles. The Morgan fingerprint density at radius 2 is 2.00 bits per heavy atom. The smallest absolute Gasteiger partial charge is 0.238 e. The van der Waals surface area contributed by atoms with Gasteiger partial charge in [0.25, 0.3) is 0 Å². The fourth-order valence-electron chi connectivity index (χ4n) is 1.99. The second-order valence-corrected chi connectivity index (χ2v) is 5.22. The van der Waals surface area contributed by atoms with Crippen molar-refractivity contribution < 1.29 is 14.3 Å². The zero-order valence-electron chi connectivity index (χ0n) is 12.8. The Bertz CT molecular complexity index is 533. The first-order valence-electron chi connectivity index (χ1n) is 7.04. The van der Waals surface area contributed by atoms with Crippen LogP contribution in [0.3, 0.4) is 0 Å². The molecule has 0 heterocycles. The number of rotatable bonds is 7. The van der Waals surface area contributed by atoms with Crippen LogP contribution in [0.1, 0.15) is 19.8 Å². The minimum absolute atomic E-state index is 0. The molecule has 2 rings (SSSR count). The van der Waals surface area contributed by atoms with Crippen molar-refractivity contribution in [3.05, 3.63) is 18.2 Å². The van der Waals surface area contributed by atoms with Crippen LogP contribution in [0.4, 0.5) is 11.4 Å². The van der Waals surface area contributed by atoms with E-state index in [1.165, 1.54) is 26.9 Å². The van der Waals surface area contributed by atoms with Crippen molar-refractivity contribution in [2.24, 2.45) is 5.92 Å². The summed E-state index contributed by atoms with van der Waals surface area (Å²) in [5.74, 6) is 0.993. The molecule has 1 aromatic rings. The van der Waals surface area contributed by atoms with E-state index in [0.717, 1.165) is 12.5 Å². The molecule has 0 aliphatic heterocycles. The lowest BCUT2D eigenvalue weighted by Crippen LogP contribution is -2.29. The molecular formula is C15H22ClN3O3. The summed E-state index contributed by atoms with van der Waals surface area (Å²) >= 11 is 0. The first-order chi connectivity index (χ1) is 10.1. The molecule has 1 aromatic carbocycles. The molecule has 0 aromatic heterocycles. The lowest BCUT2D eigenvalue weighted by molar-refractivity contribution is -0.115. The molecule has 1 fully saturated rings. The number of halogens is 1. The highest BCUT2D eigenvalue weighted by Crippen LogP contribution is 2.28. The molecule has 1 aliphatic rings. The first-order valence-corrected chi connectivity index (χ1v) is 7.04. The lowest BCUT2D eigenvalue weighted by Gasteiger charge is -2.12. The van der Waals surface area contributed by atoms with E-state index < -0.39 is 0 Å². The summed E-state index contributed by atoms with van der Waals surface area (Å²) in [6.45, 7) is 2.59. The van der Waals surface area contributed by atoms with Crippen molar-refractivity contribution >= 4 is 35.6 Å². The Labute approximate surface area is 136 Å². The van der Waals surface area contributed by atoms with Gasteiger partial charge in [-0.1, -0.05) is 0 Å². The minimum atomic E-state index is -0.163. The number of hydrogen-bond donors (Lipinski definition) is 3. The summed E-state index contributed by atoms with van der Waals surface area (Å²) in [6, 6.07) is 5.11. The van der Waals surface area contributed by atoms with E-state index in [1.807, 2.05) is 0 Å². The molecule has 0 radical (unpaired) electrons. The number of amides is 2. The van der Waals surface area contributed by atoms with Crippen molar-refractivity contribution in [3.8, 4) is 5.75 Å². The van der Waals surface area contributed by atoms with Gasteiger partial charge in [0.05, 0.1) is 19.3 Å². The number of benzene rings is 1. The minimum Gasteiger partial charge on any atom is -0.495 e. The summed E-state index contributed by atoms with van der Waals surface area (Å²) in [7, 11) is 1.54. The number of methoxy groups -OCH3 is 1. The quantitative estimate of drug-likeness (QED) is 0.716. The molecule has 0 bridgehead atoms. The Hall–Kier alpha value is -1.79. The van der Waals surface area contributed by atoms with Crippen LogP contribution in [0.5, 0.6) is 5.75 Å². The van der Waals surface area contributed by atoms with Gasteiger partial charge in [0, 0.05) is 12.6 Å². The zero-order chi connectivity index (χ0) is 15.2. The van der Waals surface area contributed by atoms with Crippen molar-refractivity contribution in [2.45, 2.75) is 19.8 Å². The summed E-state index contributed by atoms with van der Waals surface area (Å²) in [5.41, 5.74) is 1.16. The number of carbonyl (C=O) groups is 2. The van der Waals surface area contributed by atoms with Crippen molar-refractivity contribution in [1.82, 2.24) is 5.32 Å². The van der Waals surface area contributed by atoms with Crippen LogP contribution >= 0.6 is 12.4 Å². The molecule has 6 nitrogen and oxygen atoms in total. The standard InChI is InChI=1S/C15H21N3O3.ClH/c1-10(19)17-12-5-6-14(21-2)13(7-12)18-15(20)9-16-8-11-3-4-11;/h5-7,11,16H,3-4,8-9H2,1-2H3,(H,17,19)(H,18,20);1H. The Balaban J connectivity index is 0.00000242. The van der Waals surface area contributed by atoms with Gasteiger partial charge < -0.3 is 20.7 Å². The Morgan fingerprint density at radius 1 is 1.27 bits per heavy atom. The fraction of sp³-hybridized carbons (Fsp3) is 0.467. The maximum absolute atomic E-state index is 11.9. The predicted molar refractivity (Wildman–Crippen MR) is 88.8 cm³/mol. The average Bonchev–Trinajstić information content (AvgIpc) is 3.22. The third kappa shape index (κ3) is 5.91. The Morgan fingerprint density at radius 3 is 2.59 bits per heavy atom. The normalized spacial score (nSPS) is 13.0. The Kier molecular flexibility index (Phi) is 7.14. The maximum atomic E-state index is 11.9. The highest BCUT2D eigenvalue weighted by Gasteiger charge is 2.20. The molecular weight excluding hydrogens is 306 g/mol. The van der Waals surface area contributed by atoms with Gasteiger partial charge in [0.2, 0.25) is 11.8 Å². The van der Waals surface area contributed by atoms with Gasteiger partial charge in [-0.05, 0) is 43.5 Å². The molecule has 122 valence electrons. The van der Waals surface area contributed by atoms with E-state index in [9.17, 15) is 9.59 Å². The van der Waals surface area contributed by atoms with Crippen molar-refractivity contribution in [1.29, 1.82) is 0 Å². The van der Waals surface area contributed by atoms with Crippen LogP contribution in [0.15, 0.2) is 18.2 Å². The molecule has 0 unspecified atom stereocenters. The van der Waals surface area contributed by atoms with E-state index in [0.29, 0.717) is 17.1 Å². The van der Waals surface area contributed by atoms with Crippen molar-refractivity contribution in [2.75, 3.05) is 30.8 Å². The van der Waals surface area contributed by atoms with E-state index in [4.69, 9.17) is 4.74 Å². The van der Waals surface area contributed by atoms with Crippen molar-refractivity contribution in [3.63, 3.8) is 0 Å². The maximum Gasteiger partial charge on any atom is 0.238 e. The SMILES string of the molecule is COc1ccc(NC(C)=O)cc1NC(=O)CNCC1CC1.Cl. The highest BCUT2D eigenvalue weighted by molar-refractivity contribution is 5.95. The van der Waals surface area contributed by atoms with E-state index in [-0.39, 0.29) is 30.8 Å². The lowest BCUT2D eigenvalue weighted by atomic mass is 10.2. The van der Waals surface area contributed by atoms with Gasteiger partial charge in [-0.15, -0.1) is 12.4 Å². The molecule has 7 heteroatoms. The molecule has 22 heavy (non-hydrogen) atoms. The second kappa shape index (κ2) is 8.60. The van der Waals surface area contributed by atoms with Crippen LogP contribution in [-0.2, 0) is 9.59 Å². The summed E-state index contributed by atoms with van der Waals surface area (Å²) in [6.07, 6.45) is 2.50. The summed E-state index contributed by atoms with van der Waals surface area (Å²) < 4.78 is 5.21. The highest BCUT2D eigenvalue weighted by atomic mass is 35.5. The monoisotopic (exact) mass is 327 g/mol. The summed E-state index contributed by atoms with van der Waals surface area (Å²) in [4.78, 5) is 23.0. The van der Waals surface area contributed by atoms with Gasteiger partial charge in [0.1, 0.15) is 5.75 Å². The van der Waals surface area contributed by atoms with E-state index in [2.05, 4.69) is 16.0 Å². The number of hydrogen-bond acceptors (Lipinski definition) is 4. The first kappa shape index (κ1) is 18.3. The van der Waals surface area contributed by atoms with E-state index >= 15 is 0 Å². The fourth-order valence-corrected chi connectivity index (χ4v) is 1.99. The average molecular weight is 328 g/mol. The number of nitrogens with one attached hydrogen (secondary N) is 3. The van der Waals surface area contributed by atoms with Gasteiger partial charge >= 0.3 is 0 Å². The third-order valence-electron chi connectivity index (χ3n) is 3.21. The predicted octanol–water partition coefficient (Wildman–Crippen LogP) is 2.01. The topological polar surface area (TPSA) is 79.5 Å². The van der Waals surface area contributed by atoms with E-state index in [1.54, 1.807) is 18.2 Å². The molecule has 0 atom stereocenters. The largest absolute Gasteiger partial charge is 0.495 e. The van der Waals surface area contributed by atoms with Gasteiger partial charge in [-0.2, -0.15) is 0 Å². The number of carbonyl (C=O) groups excluding carboxylic acids is 2. The zero-order valence-corrected chi connectivity index (χ0v) is 13.6. The van der Waals surface area contributed by atoms with Crippen LogP contribution in [-0.4, -0.2) is 32.0 Å². The molecule has 1 aliphatic carbocycles. The summed E-state index contributed by atoms with van der Waals surface area (Å²) in [5, 5.41) is 8.60. The van der Waals surface area contributed by atoms with Crippen LogP contribution in [0.2, 0.25) is 0 Å². The van der Waals surface area contributed by atoms with Gasteiger partial charge in [0.15, 0.2) is 0 Å². The molecule has 2 amide bonds. The second-order valence-electron chi connectivity index (χ2n) is 5.22. The molecule has 1 saturated carbocycles. The van der Waals surface area contributed by atoms with Crippen LogP contribution in [0, 0.1) is 5.92 Å². The van der Waals surface area contributed by atoms with Crippen LogP contribution in [0.25, 0.3) is 0 Å². The third-order valence-corrected chi connectivity index (χ3v) is 3.21.